The third-order valence-electron chi connectivity index (χ3n) is 3.15. The van der Waals surface area contributed by atoms with Gasteiger partial charge in [0.2, 0.25) is 0 Å². The maximum atomic E-state index is 5.77. The molecule has 2 aromatic rings. The lowest BCUT2D eigenvalue weighted by Crippen LogP contribution is -2.29. The molecule has 1 aromatic heterocycles. The summed E-state index contributed by atoms with van der Waals surface area (Å²) < 4.78 is 0. The quantitative estimate of drug-likeness (QED) is 0.824. The molecule has 18 heavy (non-hydrogen) atoms. The molecule has 1 aliphatic heterocycles. The Balaban J connectivity index is 2.09. The number of rotatable bonds is 1. The largest absolute Gasteiger partial charge is 0.343 e. The third kappa shape index (κ3) is 1.83. The van der Waals surface area contributed by atoms with Gasteiger partial charge >= 0.3 is 0 Å². The summed E-state index contributed by atoms with van der Waals surface area (Å²) in [5.74, 6) is 0. The van der Waals surface area contributed by atoms with Gasteiger partial charge in [0, 0.05) is 16.7 Å². The molecule has 1 aliphatic rings. The van der Waals surface area contributed by atoms with E-state index in [0.717, 1.165) is 10.6 Å². The van der Waals surface area contributed by atoms with Gasteiger partial charge in [-0.05, 0) is 25.0 Å². The van der Waals surface area contributed by atoms with Gasteiger partial charge in [-0.2, -0.15) is 0 Å². The summed E-state index contributed by atoms with van der Waals surface area (Å²) in [6, 6.07) is 8.61. The zero-order valence-corrected chi connectivity index (χ0v) is 11.2. The topological polar surface area (TPSA) is 50.4 Å². The van der Waals surface area contributed by atoms with Crippen LogP contribution in [0.1, 0.15) is 16.7 Å². The van der Waals surface area contributed by atoms with Gasteiger partial charge < -0.3 is 5.32 Å². The summed E-state index contributed by atoms with van der Waals surface area (Å²) in [5, 5.41) is 4.32. The minimum Gasteiger partial charge on any atom is -0.343 e. The molecule has 2 heterocycles. The second-order valence-electron chi connectivity index (χ2n) is 4.53. The minimum atomic E-state index is -0.318. The van der Waals surface area contributed by atoms with Crippen LogP contribution in [0.3, 0.4) is 0 Å². The molecule has 1 unspecified atom stereocenters. The minimum absolute atomic E-state index is 0.318. The summed E-state index contributed by atoms with van der Waals surface area (Å²) >= 11 is 1.74. The van der Waals surface area contributed by atoms with Crippen LogP contribution in [-0.4, -0.2) is 12.5 Å². The van der Waals surface area contributed by atoms with E-state index in [2.05, 4.69) is 48.4 Å². The number of aryl methyl sites for hydroxylation is 1. The Bertz CT molecular complexity index is 611. The predicted octanol–water partition coefficient (Wildman–Crippen LogP) is 3.12. The van der Waals surface area contributed by atoms with Crippen LogP contribution in [-0.2, 0) is 0 Å². The molecule has 0 saturated heterocycles. The van der Waals surface area contributed by atoms with Crippen molar-refractivity contribution in [1.29, 1.82) is 0 Å². The van der Waals surface area contributed by atoms with Gasteiger partial charge in [0.25, 0.3) is 0 Å². The van der Waals surface area contributed by atoms with Gasteiger partial charge in [0.05, 0.1) is 0 Å². The van der Waals surface area contributed by atoms with Crippen LogP contribution < -0.4 is 11.1 Å². The number of nitrogens with two attached hydrogens (primary N) is 1. The highest BCUT2D eigenvalue weighted by Crippen LogP contribution is 2.40. The fourth-order valence-electron chi connectivity index (χ4n) is 2.10. The predicted molar refractivity (Wildman–Crippen MR) is 78.4 cm³/mol. The first-order chi connectivity index (χ1) is 8.65. The molecule has 3 N–H and O–H groups in total. The van der Waals surface area contributed by atoms with Gasteiger partial charge in [-0.15, -0.1) is 11.3 Å². The van der Waals surface area contributed by atoms with Crippen molar-refractivity contribution in [1.82, 2.24) is 0 Å². The zero-order chi connectivity index (χ0) is 12.7. The Morgan fingerprint density at radius 1 is 1.22 bits per heavy atom. The summed E-state index contributed by atoms with van der Waals surface area (Å²) in [5.41, 5.74) is 10.7. The number of hydrogen-bond acceptors (Lipinski definition) is 4. The van der Waals surface area contributed by atoms with Crippen molar-refractivity contribution in [3.8, 4) is 10.4 Å². The first-order valence-corrected chi connectivity index (χ1v) is 6.72. The van der Waals surface area contributed by atoms with Crippen molar-refractivity contribution in [3.05, 3.63) is 41.0 Å². The molecule has 92 valence electrons. The number of benzene rings is 1. The molecule has 0 fully saturated rings. The van der Waals surface area contributed by atoms with Crippen LogP contribution in [0.2, 0.25) is 0 Å². The van der Waals surface area contributed by atoms with E-state index in [4.69, 9.17) is 5.73 Å². The SMILES string of the molecule is Cc1ccc(-c2sc3c(c2C)C=NC(N)N3)cc1. The molecule has 4 heteroatoms. The number of aliphatic imine (C=N–C) groups is 1. The molecule has 0 saturated carbocycles. The monoisotopic (exact) mass is 257 g/mol. The smallest absolute Gasteiger partial charge is 0.171 e. The van der Waals surface area contributed by atoms with Crippen LogP contribution >= 0.6 is 11.3 Å². The number of nitrogens with one attached hydrogen (secondary N) is 1. The van der Waals surface area contributed by atoms with Gasteiger partial charge in [0.1, 0.15) is 5.00 Å². The van der Waals surface area contributed by atoms with E-state index in [0.29, 0.717) is 0 Å². The Labute approximate surface area is 110 Å². The van der Waals surface area contributed by atoms with Crippen molar-refractivity contribution >= 4 is 22.6 Å². The average molecular weight is 257 g/mol. The van der Waals surface area contributed by atoms with Gasteiger partial charge in [-0.25, -0.2) is 0 Å². The van der Waals surface area contributed by atoms with E-state index >= 15 is 0 Å². The number of anilines is 1. The molecule has 1 aromatic carbocycles. The van der Waals surface area contributed by atoms with Crippen molar-refractivity contribution in [2.24, 2.45) is 10.7 Å². The van der Waals surface area contributed by atoms with Gasteiger partial charge in [-0.3, -0.25) is 10.7 Å². The molecule has 3 rings (SSSR count). The van der Waals surface area contributed by atoms with Crippen LogP contribution in [0.5, 0.6) is 0 Å². The molecule has 1 atom stereocenters. The highest BCUT2D eigenvalue weighted by Gasteiger charge is 2.18. The van der Waals surface area contributed by atoms with Gasteiger partial charge in [-0.1, -0.05) is 29.8 Å². The van der Waals surface area contributed by atoms with Crippen LogP contribution in [0, 0.1) is 13.8 Å². The van der Waals surface area contributed by atoms with E-state index < -0.39 is 0 Å². The van der Waals surface area contributed by atoms with Crippen molar-refractivity contribution < 1.29 is 0 Å². The van der Waals surface area contributed by atoms with Crippen LogP contribution in [0.25, 0.3) is 10.4 Å². The van der Waals surface area contributed by atoms with E-state index in [1.165, 1.54) is 21.6 Å². The Hall–Kier alpha value is -1.65. The highest BCUT2D eigenvalue weighted by molar-refractivity contribution is 7.20. The normalized spacial score (nSPS) is 17.4. The van der Waals surface area contributed by atoms with E-state index in [9.17, 15) is 0 Å². The lowest BCUT2D eigenvalue weighted by atomic mass is 10.1. The first-order valence-electron chi connectivity index (χ1n) is 5.91. The highest BCUT2D eigenvalue weighted by atomic mass is 32.1. The molecule has 0 radical (unpaired) electrons. The maximum absolute atomic E-state index is 5.77. The Morgan fingerprint density at radius 3 is 2.67 bits per heavy atom. The van der Waals surface area contributed by atoms with Crippen LogP contribution in [0.15, 0.2) is 29.3 Å². The fourth-order valence-corrected chi connectivity index (χ4v) is 3.31. The lowest BCUT2D eigenvalue weighted by Gasteiger charge is -2.14. The lowest BCUT2D eigenvalue weighted by molar-refractivity contribution is 0.810. The summed E-state index contributed by atoms with van der Waals surface area (Å²) in [6.07, 6.45) is 1.56. The second kappa shape index (κ2) is 4.23. The Kier molecular flexibility index (Phi) is 2.69. The average Bonchev–Trinajstić information content (AvgIpc) is 2.67. The van der Waals surface area contributed by atoms with E-state index in [1.54, 1.807) is 11.3 Å². The molecule has 0 amide bonds. The summed E-state index contributed by atoms with van der Waals surface area (Å²) in [6.45, 7) is 4.23. The number of nitrogens with zero attached hydrogens (tertiary/aromatic N) is 1. The van der Waals surface area contributed by atoms with Crippen molar-refractivity contribution in [2.75, 3.05) is 5.32 Å². The summed E-state index contributed by atoms with van der Waals surface area (Å²) in [4.78, 5) is 5.49. The third-order valence-corrected chi connectivity index (χ3v) is 4.44. The van der Waals surface area contributed by atoms with Crippen molar-refractivity contribution in [3.63, 3.8) is 0 Å². The standard InChI is InChI=1S/C14H15N3S/c1-8-3-5-10(6-4-8)12-9(2)11-7-16-14(15)17-13(11)18-12/h3-7,14,17H,15H2,1-2H3. The molecule has 0 spiro atoms. The number of thiophene rings is 1. The fraction of sp³-hybridized carbons (Fsp3) is 0.214. The molecule has 3 nitrogen and oxygen atoms in total. The first kappa shape index (κ1) is 11.4. The second-order valence-corrected chi connectivity index (χ2v) is 5.55. The Morgan fingerprint density at radius 2 is 1.94 bits per heavy atom. The number of hydrogen-bond donors (Lipinski definition) is 2. The van der Waals surface area contributed by atoms with Crippen LogP contribution in [0.4, 0.5) is 5.00 Å². The number of fused-ring (bicyclic) bond motifs is 1. The van der Waals surface area contributed by atoms with Gasteiger partial charge in [0.15, 0.2) is 6.29 Å². The van der Waals surface area contributed by atoms with E-state index in [1.807, 2.05) is 6.21 Å². The van der Waals surface area contributed by atoms with E-state index in [-0.39, 0.29) is 6.29 Å². The maximum Gasteiger partial charge on any atom is 0.171 e. The molecular weight excluding hydrogens is 242 g/mol. The zero-order valence-electron chi connectivity index (χ0n) is 10.4. The molecule has 0 aliphatic carbocycles. The molecular formula is C14H15N3S. The van der Waals surface area contributed by atoms with Crippen molar-refractivity contribution in [2.45, 2.75) is 20.1 Å². The summed E-state index contributed by atoms with van der Waals surface area (Å²) in [7, 11) is 0. The molecule has 0 bridgehead atoms.